The molecule has 0 unspecified atom stereocenters. The maximum absolute atomic E-state index is 6.14. The average molecular weight is 337 g/mol. The fourth-order valence-corrected chi connectivity index (χ4v) is 3.45. The zero-order chi connectivity index (χ0) is 18.3. The maximum atomic E-state index is 6.14. The molecule has 0 amide bonds. The molecule has 0 saturated carbocycles. The van der Waals surface area contributed by atoms with Crippen molar-refractivity contribution >= 4 is 27.5 Å². The summed E-state index contributed by atoms with van der Waals surface area (Å²) in [4.78, 5) is 9.14. The van der Waals surface area contributed by atoms with Gasteiger partial charge < -0.3 is 5.73 Å². The van der Waals surface area contributed by atoms with Crippen LogP contribution in [0.5, 0.6) is 0 Å². The Morgan fingerprint density at radius 2 is 1.65 bits per heavy atom. The number of nitrogens with two attached hydrogens (primary N) is 1. The van der Waals surface area contributed by atoms with Crippen LogP contribution in [-0.4, -0.2) is 9.97 Å². The summed E-state index contributed by atoms with van der Waals surface area (Å²) in [5, 5.41) is 1.95. The van der Waals surface area contributed by atoms with E-state index < -0.39 is 0 Å². The SMILES string of the molecule is Cc1cc(C)c(C#Cc2ccc3c(cnc4cccc(N)c43)n2)c(C)c1. The number of nitrogen functional groups attached to an aromatic ring is 1. The van der Waals surface area contributed by atoms with Crippen molar-refractivity contribution in [2.45, 2.75) is 20.8 Å². The number of pyridine rings is 2. The maximum Gasteiger partial charge on any atom is 0.114 e. The van der Waals surface area contributed by atoms with Gasteiger partial charge in [-0.25, -0.2) is 4.98 Å². The molecule has 26 heavy (non-hydrogen) atoms. The van der Waals surface area contributed by atoms with Gasteiger partial charge in [-0.15, -0.1) is 0 Å². The minimum atomic E-state index is 0.715. The number of aromatic nitrogens is 2. The highest BCUT2D eigenvalue weighted by atomic mass is 14.7. The molecule has 0 atom stereocenters. The quantitative estimate of drug-likeness (QED) is 0.288. The summed E-state index contributed by atoms with van der Waals surface area (Å²) in [5.41, 5.74) is 14.0. The summed E-state index contributed by atoms with van der Waals surface area (Å²) >= 11 is 0. The first kappa shape index (κ1) is 16.1. The van der Waals surface area contributed by atoms with Crippen molar-refractivity contribution in [1.82, 2.24) is 9.97 Å². The van der Waals surface area contributed by atoms with Gasteiger partial charge in [-0.2, -0.15) is 0 Å². The zero-order valence-electron chi connectivity index (χ0n) is 15.1. The van der Waals surface area contributed by atoms with Crippen LogP contribution in [0.2, 0.25) is 0 Å². The third-order valence-electron chi connectivity index (χ3n) is 4.59. The number of benzene rings is 2. The van der Waals surface area contributed by atoms with Crippen LogP contribution in [0.1, 0.15) is 27.9 Å². The van der Waals surface area contributed by atoms with Crippen molar-refractivity contribution in [3.8, 4) is 11.8 Å². The van der Waals surface area contributed by atoms with Gasteiger partial charge in [0.2, 0.25) is 0 Å². The van der Waals surface area contributed by atoms with E-state index >= 15 is 0 Å². The molecule has 2 aromatic carbocycles. The van der Waals surface area contributed by atoms with E-state index in [1.54, 1.807) is 6.20 Å². The van der Waals surface area contributed by atoms with Crippen LogP contribution in [-0.2, 0) is 0 Å². The van der Waals surface area contributed by atoms with Gasteiger partial charge in [0.15, 0.2) is 0 Å². The van der Waals surface area contributed by atoms with Crippen LogP contribution >= 0.6 is 0 Å². The van der Waals surface area contributed by atoms with Gasteiger partial charge in [0, 0.05) is 22.0 Å². The van der Waals surface area contributed by atoms with Crippen LogP contribution < -0.4 is 5.73 Å². The predicted octanol–water partition coefficient (Wildman–Crippen LogP) is 4.69. The average Bonchev–Trinajstić information content (AvgIpc) is 2.60. The molecule has 0 radical (unpaired) electrons. The summed E-state index contributed by atoms with van der Waals surface area (Å²) in [7, 11) is 0. The lowest BCUT2D eigenvalue weighted by molar-refractivity contribution is 1.29. The van der Waals surface area contributed by atoms with E-state index in [2.05, 4.69) is 54.7 Å². The van der Waals surface area contributed by atoms with Gasteiger partial charge in [0.25, 0.3) is 0 Å². The van der Waals surface area contributed by atoms with Gasteiger partial charge >= 0.3 is 0 Å². The molecule has 3 heteroatoms. The third-order valence-corrected chi connectivity index (χ3v) is 4.59. The highest BCUT2D eigenvalue weighted by molar-refractivity contribution is 6.10. The van der Waals surface area contributed by atoms with E-state index in [9.17, 15) is 0 Å². The lowest BCUT2D eigenvalue weighted by Gasteiger charge is -2.06. The predicted molar refractivity (Wildman–Crippen MR) is 108 cm³/mol. The number of hydrogen-bond acceptors (Lipinski definition) is 3. The minimum absolute atomic E-state index is 0.715. The van der Waals surface area contributed by atoms with Gasteiger partial charge in [-0.1, -0.05) is 29.7 Å². The molecule has 0 fully saturated rings. The molecular formula is C23H19N3. The number of nitrogens with zero attached hydrogens (tertiary/aromatic N) is 2. The highest BCUT2D eigenvalue weighted by Crippen LogP contribution is 2.27. The molecule has 4 aromatic rings. The fourth-order valence-electron chi connectivity index (χ4n) is 3.45. The number of rotatable bonds is 0. The Balaban J connectivity index is 1.83. The van der Waals surface area contributed by atoms with E-state index in [-0.39, 0.29) is 0 Å². The van der Waals surface area contributed by atoms with E-state index in [1.165, 1.54) is 16.7 Å². The number of anilines is 1. The smallest absolute Gasteiger partial charge is 0.114 e. The van der Waals surface area contributed by atoms with Crippen LogP contribution in [0.3, 0.4) is 0 Å². The van der Waals surface area contributed by atoms with Crippen LogP contribution in [0.25, 0.3) is 21.8 Å². The second kappa shape index (κ2) is 6.16. The number of hydrogen-bond donors (Lipinski definition) is 1. The molecule has 0 saturated heterocycles. The van der Waals surface area contributed by atoms with Crippen molar-refractivity contribution in [2.24, 2.45) is 0 Å². The fraction of sp³-hybridized carbons (Fsp3) is 0.130. The summed E-state index contributed by atoms with van der Waals surface area (Å²) in [6.07, 6.45) is 1.78. The van der Waals surface area contributed by atoms with Gasteiger partial charge in [0.05, 0.1) is 17.2 Å². The first-order valence-electron chi connectivity index (χ1n) is 8.57. The van der Waals surface area contributed by atoms with Crippen molar-refractivity contribution in [2.75, 3.05) is 5.73 Å². The van der Waals surface area contributed by atoms with Crippen LogP contribution in [0, 0.1) is 32.6 Å². The molecule has 0 spiro atoms. The second-order valence-corrected chi connectivity index (χ2v) is 6.65. The lowest BCUT2D eigenvalue weighted by atomic mass is 10.00. The minimum Gasteiger partial charge on any atom is -0.398 e. The monoisotopic (exact) mass is 337 g/mol. The van der Waals surface area contributed by atoms with Crippen molar-refractivity contribution < 1.29 is 0 Å². The molecule has 0 bridgehead atoms. The van der Waals surface area contributed by atoms with Crippen molar-refractivity contribution in [3.63, 3.8) is 0 Å². The first-order chi connectivity index (χ1) is 12.5. The Morgan fingerprint density at radius 3 is 2.42 bits per heavy atom. The highest BCUT2D eigenvalue weighted by Gasteiger charge is 2.06. The molecule has 0 aliphatic heterocycles. The molecule has 0 aliphatic rings. The Kier molecular flexibility index (Phi) is 3.82. The Hall–Kier alpha value is -3.38. The Labute approximate surface area is 152 Å². The summed E-state index contributed by atoms with van der Waals surface area (Å²) < 4.78 is 0. The van der Waals surface area contributed by atoms with E-state index in [0.29, 0.717) is 5.69 Å². The van der Waals surface area contributed by atoms with Crippen molar-refractivity contribution in [3.05, 3.63) is 76.6 Å². The van der Waals surface area contributed by atoms with Gasteiger partial charge in [0.1, 0.15) is 5.69 Å². The number of fused-ring (bicyclic) bond motifs is 3. The molecular weight excluding hydrogens is 318 g/mol. The second-order valence-electron chi connectivity index (χ2n) is 6.65. The van der Waals surface area contributed by atoms with E-state index in [1.807, 2.05) is 30.3 Å². The van der Waals surface area contributed by atoms with Gasteiger partial charge in [-0.05, 0) is 62.1 Å². The largest absolute Gasteiger partial charge is 0.398 e. The molecule has 2 N–H and O–H groups in total. The Morgan fingerprint density at radius 1 is 0.885 bits per heavy atom. The third kappa shape index (κ3) is 2.76. The van der Waals surface area contributed by atoms with E-state index in [4.69, 9.17) is 5.73 Å². The van der Waals surface area contributed by atoms with Crippen LogP contribution in [0.4, 0.5) is 5.69 Å². The summed E-state index contributed by atoms with van der Waals surface area (Å²) in [6, 6.07) is 14.0. The standard InChI is InChI=1S/C23H19N3/c1-14-11-15(2)18(16(3)12-14)9-7-17-8-10-19-22(26-17)13-25-21-6-4-5-20(24)23(19)21/h4-6,8,10-13H,24H2,1-3H3. The first-order valence-corrected chi connectivity index (χ1v) is 8.57. The summed E-state index contributed by atoms with van der Waals surface area (Å²) in [5.74, 6) is 6.48. The lowest BCUT2D eigenvalue weighted by Crippen LogP contribution is -1.93. The Bertz CT molecular complexity index is 1200. The molecule has 0 aliphatic carbocycles. The number of aryl methyl sites for hydroxylation is 3. The van der Waals surface area contributed by atoms with Gasteiger partial charge in [-0.3, -0.25) is 4.98 Å². The normalized spacial score (nSPS) is 10.7. The zero-order valence-corrected chi connectivity index (χ0v) is 15.1. The van der Waals surface area contributed by atoms with Crippen molar-refractivity contribution in [1.29, 1.82) is 0 Å². The van der Waals surface area contributed by atoms with Crippen LogP contribution in [0.15, 0.2) is 48.7 Å². The molecule has 2 heterocycles. The van der Waals surface area contributed by atoms with E-state index in [0.717, 1.165) is 33.1 Å². The summed E-state index contributed by atoms with van der Waals surface area (Å²) in [6.45, 7) is 6.29. The molecule has 4 rings (SSSR count). The molecule has 2 aromatic heterocycles. The topological polar surface area (TPSA) is 51.8 Å². The molecule has 126 valence electrons. The molecule has 3 nitrogen and oxygen atoms in total.